The number of piperidine rings is 1. The highest BCUT2D eigenvalue weighted by molar-refractivity contribution is 5.95. The number of likely N-dealkylation sites (tertiary alicyclic amines) is 1. The Morgan fingerprint density at radius 1 is 1.06 bits per heavy atom. The van der Waals surface area contributed by atoms with Crippen LogP contribution in [0.25, 0.3) is 5.69 Å². The molecule has 1 atom stereocenters. The zero-order valence-electron chi connectivity index (χ0n) is 20.3. The molecule has 0 saturated carbocycles. The quantitative estimate of drug-likeness (QED) is 0.513. The third-order valence-electron chi connectivity index (χ3n) is 6.61. The Balaban J connectivity index is 1.43. The van der Waals surface area contributed by atoms with Crippen LogP contribution in [-0.2, 0) is 11.0 Å². The van der Waals surface area contributed by atoms with Gasteiger partial charge >= 0.3 is 6.18 Å². The molecular formula is C27H29F3N4O2. The maximum atomic E-state index is 14.0. The fourth-order valence-corrected chi connectivity index (χ4v) is 4.64. The van der Waals surface area contributed by atoms with Crippen molar-refractivity contribution in [1.29, 1.82) is 0 Å². The normalized spacial score (nSPS) is 15.5. The average molecular weight is 499 g/mol. The summed E-state index contributed by atoms with van der Waals surface area (Å²) in [6.07, 6.45) is -2.20. The van der Waals surface area contributed by atoms with Crippen molar-refractivity contribution < 1.29 is 22.8 Å². The lowest BCUT2D eigenvalue weighted by Crippen LogP contribution is -2.47. The summed E-state index contributed by atoms with van der Waals surface area (Å²) in [4.78, 5) is 27.8. The van der Waals surface area contributed by atoms with Crippen LogP contribution in [-0.4, -0.2) is 45.6 Å². The monoisotopic (exact) mass is 498 g/mol. The topological polar surface area (TPSA) is 67.2 Å². The van der Waals surface area contributed by atoms with Crippen molar-refractivity contribution in [2.24, 2.45) is 0 Å². The smallest absolute Gasteiger partial charge is 0.349 e. The number of carbonyl (C=O) groups excluding carboxylic acids is 2. The van der Waals surface area contributed by atoms with Crippen LogP contribution in [0.15, 0.2) is 60.8 Å². The summed E-state index contributed by atoms with van der Waals surface area (Å²) in [6.45, 7) is 4.67. The number of halogens is 3. The van der Waals surface area contributed by atoms with E-state index in [2.05, 4.69) is 10.4 Å². The van der Waals surface area contributed by atoms with Crippen LogP contribution in [0.1, 0.15) is 59.3 Å². The molecule has 9 heteroatoms. The second kappa shape index (κ2) is 10.6. The second-order valence-electron chi connectivity index (χ2n) is 9.10. The highest BCUT2D eigenvalue weighted by Crippen LogP contribution is 2.34. The fraction of sp³-hybridized carbons (Fsp3) is 0.370. The third-order valence-corrected chi connectivity index (χ3v) is 6.61. The van der Waals surface area contributed by atoms with Crippen molar-refractivity contribution in [2.45, 2.75) is 51.2 Å². The largest absolute Gasteiger partial charge is 0.434 e. The van der Waals surface area contributed by atoms with Gasteiger partial charge in [0.05, 0.1) is 23.4 Å². The van der Waals surface area contributed by atoms with E-state index in [9.17, 15) is 22.8 Å². The first-order chi connectivity index (χ1) is 17.2. The summed E-state index contributed by atoms with van der Waals surface area (Å²) in [5.74, 6) is -1.02. The molecule has 1 aliphatic rings. The van der Waals surface area contributed by atoms with Gasteiger partial charge in [-0.3, -0.25) is 9.59 Å². The van der Waals surface area contributed by atoms with Crippen molar-refractivity contribution >= 4 is 11.8 Å². The Kier molecular flexibility index (Phi) is 7.47. The van der Waals surface area contributed by atoms with Gasteiger partial charge in [-0.15, -0.1) is 0 Å². The van der Waals surface area contributed by atoms with E-state index in [0.29, 0.717) is 32.4 Å². The van der Waals surface area contributed by atoms with Gasteiger partial charge in [0, 0.05) is 19.1 Å². The number of aromatic nitrogens is 2. The molecule has 6 nitrogen and oxygen atoms in total. The van der Waals surface area contributed by atoms with E-state index in [1.165, 1.54) is 12.1 Å². The molecule has 0 bridgehead atoms. The minimum absolute atomic E-state index is 0.0345. The lowest BCUT2D eigenvalue weighted by Gasteiger charge is -2.34. The van der Waals surface area contributed by atoms with Crippen LogP contribution in [0.2, 0.25) is 0 Å². The zero-order valence-corrected chi connectivity index (χ0v) is 20.3. The van der Waals surface area contributed by atoms with Crippen molar-refractivity contribution in [3.63, 3.8) is 0 Å². The predicted molar refractivity (Wildman–Crippen MR) is 130 cm³/mol. The molecule has 0 radical (unpaired) electrons. The van der Waals surface area contributed by atoms with Crippen molar-refractivity contribution in [2.75, 3.05) is 13.1 Å². The van der Waals surface area contributed by atoms with Crippen LogP contribution in [0.5, 0.6) is 0 Å². The first kappa shape index (κ1) is 25.5. The molecular weight excluding hydrogens is 469 g/mol. The van der Waals surface area contributed by atoms with Gasteiger partial charge in [0.25, 0.3) is 5.91 Å². The molecule has 3 aromatic rings. The summed E-state index contributed by atoms with van der Waals surface area (Å²) < 4.78 is 42.6. The summed E-state index contributed by atoms with van der Waals surface area (Å²) in [6, 6.07) is 15.7. The molecule has 4 rings (SSSR count). The fourth-order valence-electron chi connectivity index (χ4n) is 4.64. The minimum atomic E-state index is -4.77. The SMILES string of the molecule is CC[C@@H](C(=O)N1CCC(NC(=O)c2cnn(-c3ccc(C)cc3)c2C(F)(F)F)CC1)c1ccccc1. The van der Waals surface area contributed by atoms with Gasteiger partial charge in [-0.1, -0.05) is 55.0 Å². The molecule has 0 aliphatic carbocycles. The Bertz CT molecular complexity index is 1200. The van der Waals surface area contributed by atoms with E-state index in [1.807, 2.05) is 44.2 Å². The molecule has 1 fully saturated rings. The van der Waals surface area contributed by atoms with Gasteiger partial charge in [-0.05, 0) is 43.9 Å². The van der Waals surface area contributed by atoms with Gasteiger partial charge < -0.3 is 10.2 Å². The number of hydrogen-bond acceptors (Lipinski definition) is 3. The molecule has 2 amide bonds. The van der Waals surface area contributed by atoms with Gasteiger partial charge in [-0.2, -0.15) is 18.3 Å². The average Bonchev–Trinajstić information content (AvgIpc) is 3.32. The predicted octanol–water partition coefficient (Wildman–Crippen LogP) is 5.11. The number of benzene rings is 2. The van der Waals surface area contributed by atoms with Gasteiger partial charge in [0.1, 0.15) is 0 Å². The van der Waals surface area contributed by atoms with Crippen molar-refractivity contribution in [3.8, 4) is 5.69 Å². The second-order valence-corrected chi connectivity index (χ2v) is 9.10. The zero-order chi connectivity index (χ0) is 25.9. The van der Waals surface area contributed by atoms with Gasteiger partial charge in [0.15, 0.2) is 5.69 Å². The van der Waals surface area contributed by atoms with E-state index in [0.717, 1.165) is 22.0 Å². The van der Waals surface area contributed by atoms with E-state index in [-0.39, 0.29) is 23.6 Å². The number of aryl methyl sites for hydroxylation is 1. The lowest BCUT2D eigenvalue weighted by molar-refractivity contribution is -0.143. The van der Waals surface area contributed by atoms with Crippen LogP contribution in [0.3, 0.4) is 0 Å². The molecule has 1 aliphatic heterocycles. The van der Waals surface area contributed by atoms with Crippen LogP contribution < -0.4 is 5.32 Å². The molecule has 2 heterocycles. The molecule has 2 aromatic carbocycles. The molecule has 1 N–H and O–H groups in total. The first-order valence-electron chi connectivity index (χ1n) is 12.1. The number of amides is 2. The standard InChI is InChI=1S/C27H29F3N4O2/c1-3-22(19-7-5-4-6-8-19)26(36)33-15-13-20(14-16-33)32-25(35)23-17-31-34(24(23)27(28,29)30)21-11-9-18(2)10-12-21/h4-12,17,20,22H,3,13-16H2,1-2H3,(H,32,35)/t22-/m1/s1. The van der Waals surface area contributed by atoms with E-state index < -0.39 is 23.3 Å². The Morgan fingerprint density at radius 2 is 1.69 bits per heavy atom. The number of carbonyl (C=O) groups is 2. The number of nitrogens with zero attached hydrogens (tertiary/aromatic N) is 3. The first-order valence-corrected chi connectivity index (χ1v) is 12.1. The third kappa shape index (κ3) is 5.45. The Labute approximate surface area is 208 Å². The highest BCUT2D eigenvalue weighted by atomic mass is 19.4. The molecule has 0 spiro atoms. The maximum Gasteiger partial charge on any atom is 0.434 e. The number of alkyl halides is 3. The molecule has 36 heavy (non-hydrogen) atoms. The summed E-state index contributed by atoms with van der Waals surface area (Å²) >= 11 is 0. The van der Waals surface area contributed by atoms with Crippen LogP contribution >= 0.6 is 0 Å². The van der Waals surface area contributed by atoms with E-state index in [4.69, 9.17) is 0 Å². The van der Waals surface area contributed by atoms with Gasteiger partial charge in [-0.25, -0.2) is 4.68 Å². The minimum Gasteiger partial charge on any atom is -0.349 e. The molecule has 0 unspecified atom stereocenters. The lowest BCUT2D eigenvalue weighted by atomic mass is 9.93. The van der Waals surface area contributed by atoms with E-state index in [1.54, 1.807) is 17.0 Å². The summed E-state index contributed by atoms with van der Waals surface area (Å²) in [5, 5.41) is 6.60. The number of rotatable bonds is 6. The number of nitrogens with one attached hydrogen (secondary N) is 1. The summed E-state index contributed by atoms with van der Waals surface area (Å²) in [5.41, 5.74) is 0.464. The Morgan fingerprint density at radius 3 is 2.28 bits per heavy atom. The molecule has 1 aromatic heterocycles. The Hall–Kier alpha value is -3.62. The summed E-state index contributed by atoms with van der Waals surface area (Å²) in [7, 11) is 0. The van der Waals surface area contributed by atoms with Gasteiger partial charge in [0.2, 0.25) is 5.91 Å². The molecule has 190 valence electrons. The van der Waals surface area contributed by atoms with Crippen LogP contribution in [0, 0.1) is 6.92 Å². The van der Waals surface area contributed by atoms with Crippen molar-refractivity contribution in [3.05, 3.63) is 83.2 Å². The van der Waals surface area contributed by atoms with Crippen LogP contribution in [0.4, 0.5) is 13.2 Å². The van der Waals surface area contributed by atoms with E-state index >= 15 is 0 Å². The number of hydrogen-bond donors (Lipinski definition) is 1. The van der Waals surface area contributed by atoms with Crippen molar-refractivity contribution in [1.82, 2.24) is 20.0 Å². The highest BCUT2D eigenvalue weighted by Gasteiger charge is 2.41. The maximum absolute atomic E-state index is 14.0. The molecule has 1 saturated heterocycles.